The lowest BCUT2D eigenvalue weighted by atomic mass is 9.77. The van der Waals surface area contributed by atoms with Crippen molar-refractivity contribution in [3.05, 3.63) is 143 Å². The Bertz CT molecular complexity index is 2090. The first-order valence-electron chi connectivity index (χ1n) is 21.9. The molecule has 6 rings (SSSR count). The first-order chi connectivity index (χ1) is 29.4. The molecule has 11 heteroatoms. The second kappa shape index (κ2) is 26.1. The zero-order chi connectivity index (χ0) is 43.7. The molecule has 6 atom stereocenters. The first kappa shape index (κ1) is 51.7. The number of amidine groups is 2. The van der Waals surface area contributed by atoms with E-state index in [1.165, 1.54) is 11.1 Å². The highest BCUT2D eigenvalue weighted by atomic mass is 35.5. The number of Topliss-reactive ketones (excluding diaryl/α,β-unsaturated/α-hetero) is 2. The van der Waals surface area contributed by atoms with E-state index in [4.69, 9.17) is 16.9 Å². The maximum absolute atomic E-state index is 12.8. The Morgan fingerprint density at radius 1 is 0.619 bits per heavy atom. The second-order valence-electron chi connectivity index (χ2n) is 16.8. The normalized spacial score (nSPS) is 19.3. The number of hydrogen-bond acceptors (Lipinski definition) is 6. The predicted octanol–water partition coefficient (Wildman–Crippen LogP) is 9.01. The fourth-order valence-corrected chi connectivity index (χ4v) is 8.53. The summed E-state index contributed by atoms with van der Waals surface area (Å²) >= 11 is 0. The van der Waals surface area contributed by atoms with Crippen LogP contribution < -0.4 is 22.1 Å². The quantitative estimate of drug-likeness (QED) is 0.0553. The van der Waals surface area contributed by atoms with Gasteiger partial charge in [-0.15, -0.1) is 12.4 Å². The average molecular weight is 878 g/mol. The molecule has 0 spiro atoms. The van der Waals surface area contributed by atoms with Gasteiger partial charge in [-0.2, -0.15) is 0 Å². The smallest absolute Gasteiger partial charge is 0.223 e. The molecule has 338 valence electrons. The Balaban J connectivity index is 0.000000325. The Kier molecular flexibility index (Phi) is 21.4. The molecule has 0 heterocycles. The molecule has 4 aromatic carbocycles. The van der Waals surface area contributed by atoms with Crippen molar-refractivity contribution >= 4 is 47.5 Å². The second-order valence-corrected chi connectivity index (χ2v) is 16.8. The molecule has 2 aliphatic carbocycles. The molecule has 63 heavy (non-hydrogen) atoms. The van der Waals surface area contributed by atoms with Crippen LogP contribution in [0.4, 0.5) is 0 Å². The van der Waals surface area contributed by atoms with E-state index in [-0.39, 0.29) is 60.9 Å². The van der Waals surface area contributed by atoms with E-state index in [0.717, 1.165) is 68.1 Å². The number of carbonyl (C=O) groups excluding carboxylic acids is 4. The number of amides is 2. The molecule has 0 bridgehead atoms. The third-order valence-corrected chi connectivity index (χ3v) is 12.4. The number of benzene rings is 4. The van der Waals surface area contributed by atoms with Crippen LogP contribution in [0.3, 0.4) is 0 Å². The maximum atomic E-state index is 12.8. The van der Waals surface area contributed by atoms with Gasteiger partial charge < -0.3 is 22.1 Å². The van der Waals surface area contributed by atoms with Crippen molar-refractivity contribution in [2.45, 2.75) is 122 Å². The first-order valence-corrected chi connectivity index (χ1v) is 21.9. The standard InChI is InChI=1S/C26H33N3O2.C25H31N3O2.CH4.ClH/c1-18(24(30)16-13-19-11-14-21(15-12-19)25(27)28-2)29-26(31)23-10-6-9-22(17-23)20-7-4-3-5-8-20;1-17(23(29)15-12-18-10-13-20(14-11-18)24(26)27)28-25(30)22-9-5-8-21(16-22)19-6-3-2-4-7-19;;/h3-5,7-8,11-12,14-15,18,22-23H,6,9-10,13,16-17H2,1-2H3,(H2,27,28)(H,29,31);2-4,6-7,10-11,13-14,17,21-22H,5,8-9,12,15-16H2,1H3,(H3,26,27)(H,28,30);1H4;1H/t18-,22-,23+;17-,21-,22+;;/m00../s1. The van der Waals surface area contributed by atoms with Crippen molar-refractivity contribution < 1.29 is 19.2 Å². The molecule has 2 saturated carbocycles. The number of ketones is 2. The van der Waals surface area contributed by atoms with Gasteiger partial charge in [0.15, 0.2) is 11.6 Å². The van der Waals surface area contributed by atoms with Crippen LogP contribution in [0, 0.1) is 17.2 Å². The van der Waals surface area contributed by atoms with Gasteiger partial charge in [-0.1, -0.05) is 129 Å². The zero-order valence-corrected chi connectivity index (χ0v) is 37.3. The fourth-order valence-electron chi connectivity index (χ4n) is 8.53. The van der Waals surface area contributed by atoms with Crippen LogP contribution in [-0.4, -0.2) is 54.2 Å². The van der Waals surface area contributed by atoms with Crippen LogP contribution in [0.1, 0.15) is 131 Å². The summed E-state index contributed by atoms with van der Waals surface area (Å²) in [6.07, 6.45) is 9.82. The summed E-state index contributed by atoms with van der Waals surface area (Å²) < 4.78 is 0. The summed E-state index contributed by atoms with van der Waals surface area (Å²) in [7, 11) is 1.66. The lowest BCUT2D eigenvalue weighted by Crippen LogP contribution is -2.42. The Morgan fingerprint density at radius 2 is 1.00 bits per heavy atom. The molecule has 10 nitrogen and oxygen atoms in total. The largest absolute Gasteiger partial charge is 0.384 e. The Morgan fingerprint density at radius 3 is 1.37 bits per heavy atom. The molecule has 0 radical (unpaired) electrons. The summed E-state index contributed by atoms with van der Waals surface area (Å²) in [5.74, 6) is 1.43. The van der Waals surface area contributed by atoms with Gasteiger partial charge in [-0.3, -0.25) is 29.6 Å². The van der Waals surface area contributed by atoms with E-state index >= 15 is 0 Å². The third-order valence-electron chi connectivity index (χ3n) is 12.4. The van der Waals surface area contributed by atoms with E-state index in [2.05, 4.69) is 52.0 Å². The molecule has 7 N–H and O–H groups in total. The van der Waals surface area contributed by atoms with Crippen LogP contribution in [-0.2, 0) is 32.0 Å². The molecule has 0 aliphatic heterocycles. The minimum atomic E-state index is -0.480. The summed E-state index contributed by atoms with van der Waals surface area (Å²) in [5, 5.41) is 13.3. The van der Waals surface area contributed by atoms with Crippen LogP contribution in [0.5, 0.6) is 0 Å². The minimum absolute atomic E-state index is 0. The lowest BCUT2D eigenvalue weighted by Gasteiger charge is -2.29. The molecule has 0 saturated heterocycles. The number of hydrogen-bond donors (Lipinski definition) is 5. The van der Waals surface area contributed by atoms with Gasteiger partial charge in [0.2, 0.25) is 11.8 Å². The molecule has 2 amide bonds. The van der Waals surface area contributed by atoms with Gasteiger partial charge in [0.1, 0.15) is 11.7 Å². The summed E-state index contributed by atoms with van der Waals surface area (Å²) in [6.45, 7) is 3.57. The van der Waals surface area contributed by atoms with Crippen molar-refractivity contribution in [1.82, 2.24) is 10.6 Å². The third kappa shape index (κ3) is 15.9. The van der Waals surface area contributed by atoms with Gasteiger partial charge in [-0.25, -0.2) is 0 Å². The number of aliphatic imine (C=N–C) groups is 1. The molecular weight excluding hydrogens is 808 g/mol. The van der Waals surface area contributed by atoms with Crippen molar-refractivity contribution in [3.8, 4) is 0 Å². The van der Waals surface area contributed by atoms with Crippen LogP contribution in [0.25, 0.3) is 0 Å². The highest BCUT2D eigenvalue weighted by Crippen LogP contribution is 2.37. The van der Waals surface area contributed by atoms with E-state index in [1.54, 1.807) is 33.0 Å². The van der Waals surface area contributed by atoms with E-state index < -0.39 is 12.1 Å². The van der Waals surface area contributed by atoms with Gasteiger partial charge in [0.05, 0.1) is 12.1 Å². The highest BCUT2D eigenvalue weighted by Gasteiger charge is 2.31. The van der Waals surface area contributed by atoms with Gasteiger partial charge in [0.25, 0.3) is 0 Å². The predicted molar refractivity (Wildman–Crippen MR) is 259 cm³/mol. The SMILES string of the molecule is C.CN=C(N)c1ccc(CCC(=O)[C@H](C)NC(=O)[C@@H]2CCC[C@H](c3ccccc3)C2)cc1.C[C@H](NC(=O)[C@@H]1CCC[C@H](c2ccccc2)C1)C(=O)CCc1ccc(C(=N)N)cc1.Cl. The van der Waals surface area contributed by atoms with Crippen molar-refractivity contribution in [1.29, 1.82) is 5.41 Å². The van der Waals surface area contributed by atoms with E-state index in [9.17, 15) is 19.2 Å². The molecule has 4 aromatic rings. The van der Waals surface area contributed by atoms with Crippen molar-refractivity contribution in [2.75, 3.05) is 7.05 Å². The zero-order valence-electron chi connectivity index (χ0n) is 36.5. The average Bonchev–Trinajstić information content (AvgIpc) is 3.30. The molecule has 2 aliphatic rings. The van der Waals surface area contributed by atoms with E-state index in [1.807, 2.05) is 60.7 Å². The molecule has 0 unspecified atom stereocenters. The summed E-state index contributed by atoms with van der Waals surface area (Å²) in [5.41, 5.74) is 17.5. The Labute approximate surface area is 381 Å². The number of rotatable bonds is 16. The number of aryl methyl sites for hydroxylation is 2. The molecule has 0 aromatic heterocycles. The topological polar surface area (TPSA) is 181 Å². The number of nitrogen functional groups attached to an aromatic ring is 1. The number of nitrogens with zero attached hydrogens (tertiary/aromatic N) is 1. The number of nitrogens with two attached hydrogens (primary N) is 2. The van der Waals surface area contributed by atoms with Crippen LogP contribution >= 0.6 is 12.4 Å². The van der Waals surface area contributed by atoms with Crippen LogP contribution in [0.15, 0.2) is 114 Å². The molecular formula is C52H69ClN6O4. The van der Waals surface area contributed by atoms with E-state index in [0.29, 0.717) is 48.9 Å². The van der Waals surface area contributed by atoms with Gasteiger partial charge >= 0.3 is 0 Å². The van der Waals surface area contributed by atoms with Crippen molar-refractivity contribution in [2.24, 2.45) is 28.3 Å². The lowest BCUT2D eigenvalue weighted by molar-refractivity contribution is -0.130. The summed E-state index contributed by atoms with van der Waals surface area (Å²) in [6, 6.07) is 35.0. The van der Waals surface area contributed by atoms with Gasteiger partial charge in [-0.05, 0) is 99.3 Å². The van der Waals surface area contributed by atoms with Gasteiger partial charge in [0, 0.05) is 42.9 Å². The fraction of sp³-hybridized carbons (Fsp3) is 0.423. The monoisotopic (exact) mass is 877 g/mol. The van der Waals surface area contributed by atoms with Crippen molar-refractivity contribution in [3.63, 3.8) is 0 Å². The Hall–Kier alpha value is -5.61. The van der Waals surface area contributed by atoms with Crippen LogP contribution in [0.2, 0.25) is 0 Å². The summed E-state index contributed by atoms with van der Waals surface area (Å²) in [4.78, 5) is 54.7. The minimum Gasteiger partial charge on any atom is -0.384 e. The number of nitrogens with one attached hydrogen (secondary N) is 3. The molecule has 2 fully saturated rings. The number of halogens is 1. The highest BCUT2D eigenvalue weighted by molar-refractivity contribution is 5.97. The maximum Gasteiger partial charge on any atom is 0.223 e. The number of carbonyl (C=O) groups is 4.